The van der Waals surface area contributed by atoms with Gasteiger partial charge in [-0.2, -0.15) is 0 Å². The molecule has 1 N–H and O–H groups in total. The summed E-state index contributed by atoms with van der Waals surface area (Å²) in [5.41, 5.74) is 0. The molecular weight excluding hydrogens is 240 g/mol. The molecule has 3 rings (SSSR count). The van der Waals surface area contributed by atoms with Gasteiger partial charge in [0.05, 0.1) is 6.61 Å². The van der Waals surface area contributed by atoms with Crippen LogP contribution in [0.25, 0.3) is 0 Å². The second-order valence-electron chi connectivity index (χ2n) is 5.32. The first-order valence-corrected chi connectivity index (χ1v) is 7.31. The van der Waals surface area contributed by atoms with Gasteiger partial charge in [0.25, 0.3) is 0 Å². The highest BCUT2D eigenvalue weighted by Gasteiger charge is 2.32. The Kier molecular flexibility index (Phi) is 3.82. The predicted molar refractivity (Wildman–Crippen MR) is 74.6 cm³/mol. The van der Waals surface area contributed by atoms with Crippen molar-refractivity contribution in [2.45, 2.75) is 44.7 Å². The van der Waals surface area contributed by atoms with Gasteiger partial charge in [-0.05, 0) is 39.2 Å². The molecular formula is C14H22N4O. The molecule has 1 saturated carbocycles. The van der Waals surface area contributed by atoms with Crippen molar-refractivity contribution in [2.75, 3.05) is 24.6 Å². The minimum absolute atomic E-state index is 0.603. The molecule has 2 heterocycles. The van der Waals surface area contributed by atoms with Crippen molar-refractivity contribution >= 4 is 5.82 Å². The van der Waals surface area contributed by atoms with E-state index in [4.69, 9.17) is 4.74 Å². The zero-order valence-electron chi connectivity index (χ0n) is 11.5. The molecule has 2 aliphatic rings. The van der Waals surface area contributed by atoms with Gasteiger partial charge in [0.2, 0.25) is 5.88 Å². The van der Waals surface area contributed by atoms with Crippen molar-refractivity contribution in [3.05, 3.63) is 12.4 Å². The molecule has 1 aliphatic heterocycles. The topological polar surface area (TPSA) is 50.3 Å². The van der Waals surface area contributed by atoms with Gasteiger partial charge in [-0.1, -0.05) is 0 Å². The number of hydrogen-bond acceptors (Lipinski definition) is 5. The first kappa shape index (κ1) is 12.7. The Morgan fingerprint density at radius 1 is 1.37 bits per heavy atom. The van der Waals surface area contributed by atoms with E-state index >= 15 is 0 Å². The van der Waals surface area contributed by atoms with Crippen LogP contribution in [-0.4, -0.2) is 41.7 Å². The van der Waals surface area contributed by atoms with Crippen molar-refractivity contribution in [1.82, 2.24) is 15.3 Å². The van der Waals surface area contributed by atoms with E-state index in [1.165, 1.54) is 25.7 Å². The second kappa shape index (κ2) is 5.74. The summed E-state index contributed by atoms with van der Waals surface area (Å²) < 4.78 is 5.47. The summed E-state index contributed by atoms with van der Waals surface area (Å²) in [4.78, 5) is 11.0. The summed E-state index contributed by atoms with van der Waals surface area (Å²) in [6.45, 7) is 4.82. The van der Waals surface area contributed by atoms with Crippen LogP contribution in [-0.2, 0) is 0 Å². The van der Waals surface area contributed by atoms with Crippen LogP contribution in [0.2, 0.25) is 0 Å². The van der Waals surface area contributed by atoms with Crippen LogP contribution >= 0.6 is 0 Å². The fraction of sp³-hybridized carbons (Fsp3) is 0.714. The average Bonchev–Trinajstić information content (AvgIpc) is 3.14. The summed E-state index contributed by atoms with van der Waals surface area (Å²) in [6, 6.07) is 3.23. The van der Waals surface area contributed by atoms with E-state index in [0.717, 1.165) is 18.9 Å². The lowest BCUT2D eigenvalue weighted by atomic mass is 10.2. The maximum Gasteiger partial charge on any atom is 0.218 e. The summed E-state index contributed by atoms with van der Waals surface area (Å²) in [7, 11) is 0. The zero-order valence-corrected chi connectivity index (χ0v) is 11.5. The Morgan fingerprint density at radius 3 is 2.95 bits per heavy atom. The number of hydrogen-bond donors (Lipinski definition) is 1. The highest BCUT2D eigenvalue weighted by Crippen LogP contribution is 2.32. The lowest BCUT2D eigenvalue weighted by Crippen LogP contribution is -2.39. The minimum atomic E-state index is 0.603. The second-order valence-corrected chi connectivity index (χ2v) is 5.32. The zero-order chi connectivity index (χ0) is 13.1. The van der Waals surface area contributed by atoms with Crippen LogP contribution in [0.1, 0.15) is 32.6 Å². The first-order valence-electron chi connectivity index (χ1n) is 7.31. The van der Waals surface area contributed by atoms with E-state index in [9.17, 15) is 0 Å². The van der Waals surface area contributed by atoms with Gasteiger partial charge in [-0.25, -0.2) is 9.97 Å². The van der Waals surface area contributed by atoms with Gasteiger partial charge in [0.15, 0.2) is 0 Å². The van der Waals surface area contributed by atoms with Crippen molar-refractivity contribution in [3.8, 4) is 5.88 Å². The van der Waals surface area contributed by atoms with Crippen LogP contribution in [0.15, 0.2) is 12.4 Å². The smallest absolute Gasteiger partial charge is 0.218 e. The van der Waals surface area contributed by atoms with E-state index in [0.29, 0.717) is 24.6 Å². The van der Waals surface area contributed by atoms with Crippen molar-refractivity contribution in [2.24, 2.45) is 0 Å². The SMILES string of the molecule is CCOc1cc(N(CC2CCCN2)C2CC2)ncn1. The molecule has 5 heteroatoms. The number of nitrogens with one attached hydrogen (secondary N) is 1. The van der Waals surface area contributed by atoms with Gasteiger partial charge in [0.1, 0.15) is 12.1 Å². The molecule has 1 aliphatic carbocycles. The van der Waals surface area contributed by atoms with Crippen molar-refractivity contribution in [3.63, 3.8) is 0 Å². The molecule has 1 unspecified atom stereocenters. The molecule has 0 radical (unpaired) electrons. The Balaban J connectivity index is 1.73. The number of nitrogens with zero attached hydrogens (tertiary/aromatic N) is 3. The molecule has 0 bridgehead atoms. The van der Waals surface area contributed by atoms with E-state index in [1.54, 1.807) is 6.33 Å². The van der Waals surface area contributed by atoms with E-state index < -0.39 is 0 Å². The fourth-order valence-corrected chi connectivity index (χ4v) is 2.68. The van der Waals surface area contributed by atoms with Gasteiger partial charge in [-0.15, -0.1) is 0 Å². The minimum Gasteiger partial charge on any atom is -0.478 e. The molecule has 0 amide bonds. The average molecular weight is 262 g/mol. The highest BCUT2D eigenvalue weighted by molar-refractivity contribution is 5.43. The molecule has 2 fully saturated rings. The molecule has 0 aromatic carbocycles. The Bertz CT molecular complexity index is 416. The number of ether oxygens (including phenoxy) is 1. The van der Waals surface area contributed by atoms with E-state index in [2.05, 4.69) is 20.2 Å². The third-order valence-corrected chi connectivity index (χ3v) is 3.78. The molecule has 1 atom stereocenters. The summed E-state index contributed by atoms with van der Waals surface area (Å²) in [6.07, 6.45) is 6.73. The number of rotatable bonds is 6. The van der Waals surface area contributed by atoms with Crippen LogP contribution in [0.4, 0.5) is 5.82 Å². The molecule has 104 valence electrons. The van der Waals surface area contributed by atoms with Crippen LogP contribution in [0, 0.1) is 0 Å². The molecule has 5 nitrogen and oxygen atoms in total. The first-order chi connectivity index (χ1) is 9.36. The number of anilines is 1. The predicted octanol–water partition coefficient (Wildman–Crippen LogP) is 1.60. The summed E-state index contributed by atoms with van der Waals surface area (Å²) >= 11 is 0. The normalized spacial score (nSPS) is 22.5. The van der Waals surface area contributed by atoms with E-state index in [1.807, 2.05) is 13.0 Å². The molecule has 1 aromatic rings. The van der Waals surface area contributed by atoms with Crippen molar-refractivity contribution < 1.29 is 4.74 Å². The van der Waals surface area contributed by atoms with Gasteiger partial charge in [-0.3, -0.25) is 0 Å². The Morgan fingerprint density at radius 2 is 2.26 bits per heavy atom. The summed E-state index contributed by atoms with van der Waals surface area (Å²) in [5.74, 6) is 1.69. The largest absolute Gasteiger partial charge is 0.478 e. The van der Waals surface area contributed by atoms with Crippen LogP contribution < -0.4 is 15.0 Å². The lowest BCUT2D eigenvalue weighted by molar-refractivity contribution is 0.326. The third kappa shape index (κ3) is 3.15. The van der Waals surface area contributed by atoms with Gasteiger partial charge >= 0.3 is 0 Å². The molecule has 1 saturated heterocycles. The molecule has 0 spiro atoms. The number of aromatic nitrogens is 2. The maximum absolute atomic E-state index is 5.47. The van der Waals surface area contributed by atoms with E-state index in [-0.39, 0.29) is 0 Å². The monoisotopic (exact) mass is 262 g/mol. The van der Waals surface area contributed by atoms with Crippen LogP contribution in [0.3, 0.4) is 0 Å². The fourth-order valence-electron chi connectivity index (χ4n) is 2.68. The van der Waals surface area contributed by atoms with Gasteiger partial charge < -0.3 is 15.0 Å². The molecule has 1 aromatic heterocycles. The maximum atomic E-state index is 5.47. The third-order valence-electron chi connectivity index (χ3n) is 3.78. The summed E-state index contributed by atoms with van der Waals surface area (Å²) in [5, 5.41) is 3.56. The quantitative estimate of drug-likeness (QED) is 0.844. The Labute approximate surface area is 114 Å². The standard InChI is InChI=1S/C14H22N4O/c1-2-19-14-8-13(16-10-17-14)18(12-5-6-12)9-11-4-3-7-15-11/h8,10-12,15H,2-7,9H2,1H3. The van der Waals surface area contributed by atoms with Crippen molar-refractivity contribution in [1.29, 1.82) is 0 Å². The molecule has 19 heavy (non-hydrogen) atoms. The lowest BCUT2D eigenvalue weighted by Gasteiger charge is -2.26. The highest BCUT2D eigenvalue weighted by atomic mass is 16.5. The van der Waals surface area contributed by atoms with Gasteiger partial charge in [0, 0.05) is 24.7 Å². The van der Waals surface area contributed by atoms with Crippen LogP contribution in [0.5, 0.6) is 5.88 Å². The Hall–Kier alpha value is -1.36.